The number of carbonyl (C=O) groups is 1. The Labute approximate surface area is 119 Å². The topological polar surface area (TPSA) is 45.2 Å². The number of pyridine rings is 1. The summed E-state index contributed by atoms with van der Waals surface area (Å²) in [4.78, 5) is 18.1. The molecule has 4 nitrogen and oxygen atoms in total. The predicted molar refractivity (Wildman–Crippen MR) is 78.1 cm³/mol. The molecule has 5 heteroatoms. The zero-order valence-corrected chi connectivity index (χ0v) is 11.7. The van der Waals surface area contributed by atoms with Gasteiger partial charge in [-0.25, -0.2) is 0 Å². The smallest absolute Gasteiger partial charge is 0.243 e. The van der Waals surface area contributed by atoms with E-state index in [0.29, 0.717) is 13.1 Å². The van der Waals surface area contributed by atoms with Crippen LogP contribution in [-0.2, 0) is 11.3 Å². The monoisotopic (exact) mass is 317 g/mol. The van der Waals surface area contributed by atoms with E-state index < -0.39 is 0 Å². The first-order valence-corrected chi connectivity index (χ1v) is 6.76. The maximum atomic E-state index is 11.7. The lowest BCUT2D eigenvalue weighted by Crippen LogP contribution is -2.37. The summed E-state index contributed by atoms with van der Waals surface area (Å²) in [6.07, 6.45) is 1.77. The van der Waals surface area contributed by atoms with Gasteiger partial charge in [0.15, 0.2) is 0 Å². The zero-order valence-electron chi connectivity index (χ0n) is 10.1. The summed E-state index contributed by atoms with van der Waals surface area (Å²) in [6, 6.07) is 11.6. The summed E-state index contributed by atoms with van der Waals surface area (Å²) in [5.41, 5.74) is 2.80. The Bertz CT molecular complexity index is 615. The average Bonchev–Trinajstić information content (AvgIpc) is 2.41. The number of aromatic nitrogens is 1. The first kappa shape index (κ1) is 12.2. The van der Waals surface area contributed by atoms with E-state index in [9.17, 15) is 4.79 Å². The van der Waals surface area contributed by atoms with Gasteiger partial charge in [-0.2, -0.15) is 0 Å². The maximum Gasteiger partial charge on any atom is 0.243 e. The molecule has 1 aromatic carbocycles. The van der Waals surface area contributed by atoms with Crippen molar-refractivity contribution in [3.8, 4) is 0 Å². The molecule has 19 heavy (non-hydrogen) atoms. The minimum absolute atomic E-state index is 0.00533. The highest BCUT2D eigenvalue weighted by Crippen LogP contribution is 2.32. The van der Waals surface area contributed by atoms with Crippen LogP contribution in [0, 0.1) is 0 Å². The molecule has 0 fully saturated rings. The summed E-state index contributed by atoms with van der Waals surface area (Å²) in [6.45, 7) is 0.970. The maximum absolute atomic E-state index is 11.7. The van der Waals surface area contributed by atoms with Gasteiger partial charge in [0.25, 0.3) is 0 Å². The molecule has 3 rings (SSSR count). The molecule has 0 aliphatic carbocycles. The van der Waals surface area contributed by atoms with Crippen molar-refractivity contribution in [1.29, 1.82) is 0 Å². The third-order valence-corrected chi connectivity index (χ3v) is 3.48. The van der Waals surface area contributed by atoms with Crippen LogP contribution >= 0.6 is 15.9 Å². The number of fused-ring (bicyclic) bond motifs is 1. The van der Waals surface area contributed by atoms with Gasteiger partial charge in [-0.05, 0) is 30.3 Å². The van der Waals surface area contributed by atoms with Gasteiger partial charge >= 0.3 is 0 Å². The molecule has 1 aliphatic rings. The molecule has 0 unspecified atom stereocenters. The van der Waals surface area contributed by atoms with Crippen molar-refractivity contribution < 1.29 is 4.79 Å². The van der Waals surface area contributed by atoms with E-state index in [0.717, 1.165) is 21.5 Å². The van der Waals surface area contributed by atoms with E-state index in [-0.39, 0.29) is 5.91 Å². The van der Waals surface area contributed by atoms with E-state index in [2.05, 4.69) is 26.2 Å². The molecule has 96 valence electrons. The quantitative estimate of drug-likeness (QED) is 0.926. The van der Waals surface area contributed by atoms with Crippen molar-refractivity contribution in [2.24, 2.45) is 0 Å². The van der Waals surface area contributed by atoms with Gasteiger partial charge in [0.05, 0.1) is 30.2 Å². The Kier molecular flexibility index (Phi) is 3.21. The van der Waals surface area contributed by atoms with Crippen molar-refractivity contribution in [3.05, 3.63) is 52.8 Å². The lowest BCUT2D eigenvalue weighted by molar-refractivity contribution is -0.115. The van der Waals surface area contributed by atoms with Gasteiger partial charge in [-0.15, -0.1) is 0 Å². The van der Waals surface area contributed by atoms with Crippen molar-refractivity contribution in [3.63, 3.8) is 0 Å². The Morgan fingerprint density at radius 3 is 3.00 bits per heavy atom. The predicted octanol–water partition coefficient (Wildman–Crippen LogP) is 2.80. The number of halogens is 1. The molecule has 0 saturated heterocycles. The standard InChI is InChI=1S/C14H12BrN3O/c15-10-4-5-12-13(7-10)18(9-14(19)17-12)8-11-3-1-2-6-16-11/h1-7H,8-9H2,(H,17,19). The fraction of sp³-hybridized carbons (Fsp3) is 0.143. The van der Waals surface area contributed by atoms with Gasteiger partial charge in [0.2, 0.25) is 5.91 Å². The largest absolute Gasteiger partial charge is 0.355 e. The minimum Gasteiger partial charge on any atom is -0.355 e. The molecule has 0 bridgehead atoms. The summed E-state index contributed by atoms with van der Waals surface area (Å²) in [5.74, 6) is 0.00533. The number of benzene rings is 1. The lowest BCUT2D eigenvalue weighted by atomic mass is 10.2. The summed E-state index contributed by atoms with van der Waals surface area (Å²) < 4.78 is 0.994. The van der Waals surface area contributed by atoms with Crippen LogP contribution in [-0.4, -0.2) is 17.4 Å². The molecule has 0 atom stereocenters. The molecule has 1 N–H and O–H groups in total. The van der Waals surface area contributed by atoms with E-state index in [4.69, 9.17) is 0 Å². The number of amides is 1. The Balaban J connectivity index is 1.94. The summed E-state index contributed by atoms with van der Waals surface area (Å²) in [5, 5.41) is 2.88. The Morgan fingerprint density at radius 2 is 2.21 bits per heavy atom. The summed E-state index contributed by atoms with van der Waals surface area (Å²) in [7, 11) is 0. The van der Waals surface area contributed by atoms with Crippen LogP contribution in [0.3, 0.4) is 0 Å². The fourth-order valence-electron chi connectivity index (χ4n) is 2.15. The minimum atomic E-state index is 0.00533. The van der Waals surface area contributed by atoms with Crippen LogP contribution in [0.15, 0.2) is 47.1 Å². The zero-order chi connectivity index (χ0) is 13.2. The van der Waals surface area contributed by atoms with Crippen LogP contribution in [0.1, 0.15) is 5.69 Å². The van der Waals surface area contributed by atoms with Gasteiger partial charge < -0.3 is 10.2 Å². The number of nitrogens with zero attached hydrogens (tertiary/aromatic N) is 2. The third-order valence-electron chi connectivity index (χ3n) is 2.99. The summed E-state index contributed by atoms with van der Waals surface area (Å²) >= 11 is 3.46. The number of anilines is 2. The number of nitrogens with one attached hydrogen (secondary N) is 1. The second kappa shape index (κ2) is 5.01. The van der Waals surface area contributed by atoms with Crippen molar-refractivity contribution >= 4 is 33.2 Å². The molecule has 2 heterocycles. The van der Waals surface area contributed by atoms with Gasteiger partial charge in [0.1, 0.15) is 0 Å². The highest BCUT2D eigenvalue weighted by Gasteiger charge is 2.22. The van der Waals surface area contributed by atoms with Crippen LogP contribution in [0.2, 0.25) is 0 Å². The highest BCUT2D eigenvalue weighted by atomic mass is 79.9. The first-order chi connectivity index (χ1) is 9.22. The molecule has 0 radical (unpaired) electrons. The van der Waals surface area contributed by atoms with E-state index in [1.807, 2.05) is 41.3 Å². The van der Waals surface area contributed by atoms with Crippen LogP contribution in [0.5, 0.6) is 0 Å². The molecular weight excluding hydrogens is 306 g/mol. The molecule has 1 aromatic heterocycles. The molecule has 1 aliphatic heterocycles. The SMILES string of the molecule is O=C1CN(Cc2ccccn2)c2cc(Br)ccc2N1. The Morgan fingerprint density at radius 1 is 1.32 bits per heavy atom. The van der Waals surface area contributed by atoms with Crippen molar-refractivity contribution in [2.75, 3.05) is 16.8 Å². The number of carbonyl (C=O) groups excluding carboxylic acids is 1. The third kappa shape index (κ3) is 2.61. The van der Waals surface area contributed by atoms with Crippen molar-refractivity contribution in [1.82, 2.24) is 4.98 Å². The Hall–Kier alpha value is -1.88. The number of hydrogen-bond donors (Lipinski definition) is 1. The molecule has 2 aromatic rings. The van der Waals surface area contributed by atoms with Crippen molar-refractivity contribution in [2.45, 2.75) is 6.54 Å². The van der Waals surface area contributed by atoms with Crippen LogP contribution in [0.25, 0.3) is 0 Å². The number of hydrogen-bond acceptors (Lipinski definition) is 3. The van der Waals surface area contributed by atoms with E-state index in [1.54, 1.807) is 6.20 Å². The van der Waals surface area contributed by atoms with Crippen LogP contribution in [0.4, 0.5) is 11.4 Å². The molecule has 0 spiro atoms. The number of rotatable bonds is 2. The average molecular weight is 318 g/mol. The van der Waals surface area contributed by atoms with Crippen LogP contribution < -0.4 is 10.2 Å². The van der Waals surface area contributed by atoms with E-state index >= 15 is 0 Å². The molecule has 1 amide bonds. The van der Waals surface area contributed by atoms with Gasteiger partial charge in [-0.1, -0.05) is 22.0 Å². The second-order valence-electron chi connectivity index (χ2n) is 4.39. The first-order valence-electron chi connectivity index (χ1n) is 5.96. The highest BCUT2D eigenvalue weighted by molar-refractivity contribution is 9.10. The molecule has 0 saturated carbocycles. The normalized spacial score (nSPS) is 13.9. The van der Waals surface area contributed by atoms with Gasteiger partial charge in [0, 0.05) is 10.7 Å². The second-order valence-corrected chi connectivity index (χ2v) is 5.30. The fourth-order valence-corrected chi connectivity index (χ4v) is 2.50. The van der Waals surface area contributed by atoms with E-state index in [1.165, 1.54) is 0 Å². The molecular formula is C14H12BrN3O. The van der Waals surface area contributed by atoms with Gasteiger partial charge in [-0.3, -0.25) is 9.78 Å². The lowest BCUT2D eigenvalue weighted by Gasteiger charge is -2.30.